The molecule has 0 amide bonds. The third kappa shape index (κ3) is 3.42. The third-order valence-corrected chi connectivity index (χ3v) is 1.29. The molecule has 0 saturated heterocycles. The van der Waals surface area contributed by atoms with Crippen molar-refractivity contribution in [1.82, 2.24) is 0 Å². The average Bonchev–Trinajstić information content (AvgIpc) is 1.87. The maximum Gasteiger partial charge on any atom is 0.320 e. The van der Waals surface area contributed by atoms with Crippen molar-refractivity contribution in [3.63, 3.8) is 0 Å². The fraction of sp³-hybridized carbons (Fsp3) is 0.833. The van der Waals surface area contributed by atoms with E-state index in [4.69, 9.17) is 15.9 Å². The molecule has 2 unspecified atom stereocenters. The molecule has 0 aliphatic heterocycles. The fourth-order valence-electron chi connectivity index (χ4n) is 0.609. The molecule has 0 bridgehead atoms. The summed E-state index contributed by atoms with van der Waals surface area (Å²) in [6.45, 7) is 1.74. The Kier molecular flexibility index (Phi) is 3.99. The highest BCUT2D eigenvalue weighted by Gasteiger charge is 2.14. The van der Waals surface area contributed by atoms with Crippen LogP contribution in [0.15, 0.2) is 0 Å². The van der Waals surface area contributed by atoms with Crippen molar-refractivity contribution < 1.29 is 15.0 Å². The van der Waals surface area contributed by atoms with Crippen LogP contribution in [0.3, 0.4) is 0 Å². The highest BCUT2D eigenvalue weighted by atomic mass is 16.4. The molecular formula is C6H13NO3. The summed E-state index contributed by atoms with van der Waals surface area (Å²) in [5, 5.41) is 16.8. The van der Waals surface area contributed by atoms with Crippen LogP contribution in [0.4, 0.5) is 0 Å². The number of carbonyl (C=O) groups is 1. The molecule has 4 heteroatoms. The van der Waals surface area contributed by atoms with Crippen molar-refractivity contribution in [2.24, 2.45) is 11.7 Å². The summed E-state index contributed by atoms with van der Waals surface area (Å²) in [5.41, 5.74) is 5.18. The van der Waals surface area contributed by atoms with Gasteiger partial charge < -0.3 is 15.9 Å². The van der Waals surface area contributed by atoms with Crippen LogP contribution in [0.1, 0.15) is 13.3 Å². The third-order valence-electron chi connectivity index (χ3n) is 1.29. The summed E-state index contributed by atoms with van der Waals surface area (Å²) < 4.78 is 0. The Morgan fingerprint density at radius 1 is 1.70 bits per heavy atom. The lowest BCUT2D eigenvalue weighted by Gasteiger charge is -2.10. The van der Waals surface area contributed by atoms with Crippen molar-refractivity contribution in [1.29, 1.82) is 0 Å². The molecule has 0 aromatic rings. The second-order valence-electron chi connectivity index (χ2n) is 2.47. The van der Waals surface area contributed by atoms with Gasteiger partial charge in [0.1, 0.15) is 6.04 Å². The molecule has 2 atom stereocenters. The minimum absolute atomic E-state index is 0.0129. The topological polar surface area (TPSA) is 83.5 Å². The highest BCUT2D eigenvalue weighted by Crippen LogP contribution is 2.02. The number of carboxylic acids is 1. The molecule has 60 valence electrons. The average molecular weight is 147 g/mol. The van der Waals surface area contributed by atoms with Gasteiger partial charge in [-0.1, -0.05) is 6.92 Å². The quantitative estimate of drug-likeness (QED) is 0.496. The van der Waals surface area contributed by atoms with E-state index in [0.29, 0.717) is 6.42 Å². The Bertz CT molecular complexity index is 116. The minimum Gasteiger partial charge on any atom is -0.480 e. The van der Waals surface area contributed by atoms with Gasteiger partial charge in [-0.3, -0.25) is 4.79 Å². The van der Waals surface area contributed by atoms with Crippen LogP contribution in [0.25, 0.3) is 0 Å². The van der Waals surface area contributed by atoms with E-state index in [-0.39, 0.29) is 12.5 Å². The maximum absolute atomic E-state index is 10.1. The van der Waals surface area contributed by atoms with Gasteiger partial charge in [0, 0.05) is 6.61 Å². The first-order valence-corrected chi connectivity index (χ1v) is 3.17. The van der Waals surface area contributed by atoms with Gasteiger partial charge in [0.2, 0.25) is 0 Å². The molecule has 0 spiro atoms. The van der Waals surface area contributed by atoms with Crippen LogP contribution < -0.4 is 5.73 Å². The molecular weight excluding hydrogens is 134 g/mol. The number of aliphatic hydroxyl groups is 1. The normalized spacial score (nSPS) is 16.3. The number of hydrogen-bond acceptors (Lipinski definition) is 3. The SMILES string of the molecule is CC(CO)CC(N)C(=O)O. The van der Waals surface area contributed by atoms with E-state index in [9.17, 15) is 4.79 Å². The number of hydrogen-bond donors (Lipinski definition) is 3. The summed E-state index contributed by atoms with van der Waals surface area (Å²) in [5.74, 6) is -1.05. The zero-order valence-electron chi connectivity index (χ0n) is 5.95. The van der Waals surface area contributed by atoms with E-state index in [1.807, 2.05) is 0 Å². The van der Waals surface area contributed by atoms with Crippen LogP contribution in [-0.2, 0) is 4.79 Å². The number of nitrogens with two attached hydrogens (primary N) is 1. The van der Waals surface area contributed by atoms with Crippen molar-refractivity contribution in [3.8, 4) is 0 Å². The summed E-state index contributed by atoms with van der Waals surface area (Å²) in [7, 11) is 0. The largest absolute Gasteiger partial charge is 0.480 e. The van der Waals surface area contributed by atoms with Gasteiger partial charge in [-0.15, -0.1) is 0 Å². The Morgan fingerprint density at radius 3 is 2.50 bits per heavy atom. The van der Waals surface area contributed by atoms with E-state index in [0.717, 1.165) is 0 Å². The number of aliphatic carboxylic acids is 1. The van der Waals surface area contributed by atoms with Crippen LogP contribution >= 0.6 is 0 Å². The van der Waals surface area contributed by atoms with Gasteiger partial charge in [-0.2, -0.15) is 0 Å². The van der Waals surface area contributed by atoms with E-state index < -0.39 is 12.0 Å². The Balaban J connectivity index is 3.56. The number of rotatable bonds is 4. The smallest absolute Gasteiger partial charge is 0.320 e. The first-order chi connectivity index (χ1) is 4.57. The molecule has 0 aliphatic carbocycles. The molecule has 0 aliphatic rings. The lowest BCUT2D eigenvalue weighted by atomic mass is 10.0. The second kappa shape index (κ2) is 4.24. The molecule has 0 aromatic heterocycles. The van der Waals surface area contributed by atoms with Crippen LogP contribution in [0.2, 0.25) is 0 Å². The molecule has 4 nitrogen and oxygen atoms in total. The lowest BCUT2D eigenvalue weighted by molar-refractivity contribution is -0.139. The summed E-state index contributed by atoms with van der Waals surface area (Å²) in [6, 6.07) is -0.845. The molecule has 0 rings (SSSR count). The fourth-order valence-corrected chi connectivity index (χ4v) is 0.609. The molecule has 4 N–H and O–H groups in total. The van der Waals surface area contributed by atoms with Crippen LogP contribution in [0.5, 0.6) is 0 Å². The Labute approximate surface area is 59.7 Å². The first-order valence-electron chi connectivity index (χ1n) is 3.17. The standard InChI is InChI=1S/C6H13NO3/c1-4(3-8)2-5(7)6(9)10/h4-5,8H,2-3,7H2,1H3,(H,9,10). The van der Waals surface area contributed by atoms with Crippen molar-refractivity contribution >= 4 is 5.97 Å². The molecule has 0 saturated carbocycles. The van der Waals surface area contributed by atoms with Crippen LogP contribution in [-0.4, -0.2) is 28.8 Å². The van der Waals surface area contributed by atoms with E-state index in [1.54, 1.807) is 6.92 Å². The van der Waals surface area contributed by atoms with Gasteiger partial charge in [0.15, 0.2) is 0 Å². The molecule has 0 fully saturated rings. The van der Waals surface area contributed by atoms with Crippen molar-refractivity contribution in [2.45, 2.75) is 19.4 Å². The predicted octanol–water partition coefficient (Wildman–Crippen LogP) is -0.583. The monoisotopic (exact) mass is 147 g/mol. The van der Waals surface area contributed by atoms with Gasteiger partial charge in [-0.25, -0.2) is 0 Å². The van der Waals surface area contributed by atoms with Gasteiger partial charge in [-0.05, 0) is 12.3 Å². The van der Waals surface area contributed by atoms with Crippen molar-refractivity contribution in [3.05, 3.63) is 0 Å². The van der Waals surface area contributed by atoms with Gasteiger partial charge in [0.05, 0.1) is 0 Å². The second-order valence-corrected chi connectivity index (χ2v) is 2.47. The number of carboxylic acid groups (broad SMARTS) is 1. The summed E-state index contributed by atoms with van der Waals surface area (Å²) in [4.78, 5) is 10.1. The summed E-state index contributed by atoms with van der Waals surface area (Å²) >= 11 is 0. The zero-order chi connectivity index (χ0) is 8.15. The lowest BCUT2D eigenvalue weighted by Crippen LogP contribution is -2.32. The maximum atomic E-state index is 10.1. The van der Waals surface area contributed by atoms with Crippen LogP contribution in [0, 0.1) is 5.92 Å². The predicted molar refractivity (Wildman–Crippen MR) is 36.5 cm³/mol. The van der Waals surface area contributed by atoms with Crippen molar-refractivity contribution in [2.75, 3.05) is 6.61 Å². The summed E-state index contributed by atoms with van der Waals surface area (Å²) in [6.07, 6.45) is 0.325. The van der Waals surface area contributed by atoms with E-state index in [2.05, 4.69) is 0 Å². The highest BCUT2D eigenvalue weighted by molar-refractivity contribution is 5.72. The molecule has 10 heavy (non-hydrogen) atoms. The molecule has 0 heterocycles. The zero-order valence-corrected chi connectivity index (χ0v) is 5.95. The van der Waals surface area contributed by atoms with Gasteiger partial charge in [0.25, 0.3) is 0 Å². The number of aliphatic hydroxyl groups excluding tert-OH is 1. The minimum atomic E-state index is -1.01. The van der Waals surface area contributed by atoms with Gasteiger partial charge >= 0.3 is 5.97 Å². The molecule has 0 radical (unpaired) electrons. The Hall–Kier alpha value is -0.610. The Morgan fingerprint density at radius 2 is 2.20 bits per heavy atom. The first kappa shape index (κ1) is 9.39. The van der Waals surface area contributed by atoms with E-state index >= 15 is 0 Å². The van der Waals surface area contributed by atoms with E-state index in [1.165, 1.54) is 0 Å². The molecule has 0 aromatic carbocycles.